The molecule has 0 radical (unpaired) electrons. The zero-order valence-electron chi connectivity index (χ0n) is 10.7. The number of carbonyl (C=O) groups excluding carboxylic acids is 1. The van der Waals surface area contributed by atoms with E-state index in [2.05, 4.69) is 11.9 Å². The largest absolute Gasteiger partial charge is 0.377 e. The second kappa shape index (κ2) is 6.77. The minimum absolute atomic E-state index is 0.0760. The van der Waals surface area contributed by atoms with Gasteiger partial charge in [-0.2, -0.15) is 0 Å². The molecular weight excluding hydrogens is 216 g/mol. The van der Waals surface area contributed by atoms with Crippen LogP contribution in [0.4, 0.5) is 0 Å². The van der Waals surface area contributed by atoms with Crippen LogP contribution in [0, 0.1) is 5.92 Å². The highest BCUT2D eigenvalue weighted by atomic mass is 16.5. The summed E-state index contributed by atoms with van der Waals surface area (Å²) in [4.78, 5) is 11.7. The number of amides is 1. The maximum absolute atomic E-state index is 11.7. The van der Waals surface area contributed by atoms with Gasteiger partial charge in [-0.05, 0) is 32.1 Å². The molecule has 0 spiro atoms. The SMILES string of the molecule is C=CCOCCCC(=O)NC(C)(CN)C1CC1. The van der Waals surface area contributed by atoms with E-state index in [9.17, 15) is 4.79 Å². The van der Waals surface area contributed by atoms with Gasteiger partial charge in [0.15, 0.2) is 0 Å². The molecule has 1 atom stereocenters. The first kappa shape index (κ1) is 14.2. The number of hydrogen-bond donors (Lipinski definition) is 2. The summed E-state index contributed by atoms with van der Waals surface area (Å²) in [6, 6.07) is 0. The molecule has 1 aliphatic carbocycles. The molecule has 0 aromatic carbocycles. The van der Waals surface area contributed by atoms with E-state index in [4.69, 9.17) is 10.5 Å². The molecule has 17 heavy (non-hydrogen) atoms. The van der Waals surface area contributed by atoms with Gasteiger partial charge in [-0.3, -0.25) is 4.79 Å². The van der Waals surface area contributed by atoms with Crippen LogP contribution in [0.5, 0.6) is 0 Å². The number of nitrogens with two attached hydrogens (primary N) is 1. The van der Waals surface area contributed by atoms with E-state index in [1.54, 1.807) is 6.08 Å². The van der Waals surface area contributed by atoms with Crippen LogP contribution in [0.2, 0.25) is 0 Å². The Kier molecular flexibility index (Phi) is 5.65. The Morgan fingerprint density at radius 2 is 2.35 bits per heavy atom. The predicted molar refractivity (Wildman–Crippen MR) is 68.6 cm³/mol. The average molecular weight is 240 g/mol. The minimum atomic E-state index is -0.209. The predicted octanol–water partition coefficient (Wildman–Crippen LogP) is 1.21. The maximum atomic E-state index is 11.7. The summed E-state index contributed by atoms with van der Waals surface area (Å²) in [5.41, 5.74) is 5.53. The molecule has 4 nitrogen and oxygen atoms in total. The van der Waals surface area contributed by atoms with Crippen molar-refractivity contribution >= 4 is 5.91 Å². The molecule has 1 amide bonds. The highest BCUT2D eigenvalue weighted by Gasteiger charge is 2.41. The van der Waals surface area contributed by atoms with Gasteiger partial charge in [0.25, 0.3) is 0 Å². The van der Waals surface area contributed by atoms with Gasteiger partial charge in [0.2, 0.25) is 5.91 Å². The molecule has 98 valence electrons. The molecule has 1 fully saturated rings. The highest BCUT2D eigenvalue weighted by Crippen LogP contribution is 2.38. The van der Waals surface area contributed by atoms with Crippen molar-refractivity contribution in [1.82, 2.24) is 5.32 Å². The normalized spacial score (nSPS) is 18.5. The first-order chi connectivity index (χ1) is 8.12. The van der Waals surface area contributed by atoms with Crippen molar-refractivity contribution in [2.45, 2.75) is 38.1 Å². The average Bonchev–Trinajstić information content (AvgIpc) is 3.12. The van der Waals surface area contributed by atoms with Crippen molar-refractivity contribution in [1.29, 1.82) is 0 Å². The van der Waals surface area contributed by atoms with E-state index in [1.165, 1.54) is 12.8 Å². The topological polar surface area (TPSA) is 64.3 Å². The Hall–Kier alpha value is -0.870. The molecule has 1 rings (SSSR count). The third kappa shape index (κ3) is 4.88. The van der Waals surface area contributed by atoms with Crippen molar-refractivity contribution in [2.75, 3.05) is 19.8 Å². The van der Waals surface area contributed by atoms with Crippen LogP contribution in [0.25, 0.3) is 0 Å². The van der Waals surface area contributed by atoms with E-state index in [-0.39, 0.29) is 11.4 Å². The Morgan fingerprint density at radius 1 is 1.65 bits per heavy atom. The van der Waals surface area contributed by atoms with Crippen LogP contribution in [-0.2, 0) is 9.53 Å². The second-order valence-corrected chi connectivity index (χ2v) is 4.91. The number of nitrogens with one attached hydrogen (secondary N) is 1. The molecule has 0 aromatic rings. The first-order valence-electron chi connectivity index (χ1n) is 6.32. The Labute approximate surface area is 104 Å². The summed E-state index contributed by atoms with van der Waals surface area (Å²) in [7, 11) is 0. The summed E-state index contributed by atoms with van der Waals surface area (Å²) in [5, 5.41) is 3.06. The molecule has 1 saturated carbocycles. The van der Waals surface area contributed by atoms with Gasteiger partial charge >= 0.3 is 0 Å². The molecule has 0 aromatic heterocycles. The lowest BCUT2D eigenvalue weighted by atomic mass is 9.95. The van der Waals surface area contributed by atoms with Crippen LogP contribution in [0.1, 0.15) is 32.6 Å². The van der Waals surface area contributed by atoms with E-state index in [1.807, 2.05) is 6.92 Å². The Morgan fingerprint density at radius 3 is 2.88 bits per heavy atom. The van der Waals surface area contributed by atoms with E-state index in [0.29, 0.717) is 32.1 Å². The van der Waals surface area contributed by atoms with Gasteiger partial charge in [0, 0.05) is 19.6 Å². The molecule has 0 bridgehead atoms. The van der Waals surface area contributed by atoms with E-state index < -0.39 is 0 Å². The second-order valence-electron chi connectivity index (χ2n) is 4.91. The summed E-state index contributed by atoms with van der Waals surface area (Å²) in [6.45, 7) is 7.26. The molecule has 0 heterocycles. The zero-order valence-corrected chi connectivity index (χ0v) is 10.7. The summed E-state index contributed by atoms with van der Waals surface area (Å²) >= 11 is 0. The number of hydrogen-bond acceptors (Lipinski definition) is 3. The molecule has 0 aliphatic heterocycles. The Bertz CT molecular complexity index is 264. The number of rotatable bonds is 9. The lowest BCUT2D eigenvalue weighted by Gasteiger charge is -2.29. The maximum Gasteiger partial charge on any atom is 0.220 e. The standard InChI is InChI=1S/C13H24N2O2/c1-3-8-17-9-4-5-12(16)15-13(2,10-14)11-6-7-11/h3,11H,1,4-10,14H2,2H3,(H,15,16). The number of ether oxygens (including phenoxy) is 1. The molecule has 4 heteroatoms. The fraction of sp³-hybridized carbons (Fsp3) is 0.769. The minimum Gasteiger partial charge on any atom is -0.377 e. The summed E-state index contributed by atoms with van der Waals surface area (Å²) < 4.78 is 5.23. The van der Waals surface area contributed by atoms with Gasteiger partial charge < -0.3 is 15.8 Å². The fourth-order valence-corrected chi connectivity index (χ4v) is 1.92. The lowest BCUT2D eigenvalue weighted by Crippen LogP contribution is -2.53. The monoisotopic (exact) mass is 240 g/mol. The fourth-order valence-electron chi connectivity index (χ4n) is 1.92. The van der Waals surface area contributed by atoms with Crippen molar-refractivity contribution in [2.24, 2.45) is 11.7 Å². The van der Waals surface area contributed by atoms with Crippen molar-refractivity contribution < 1.29 is 9.53 Å². The molecule has 1 aliphatic rings. The lowest BCUT2D eigenvalue weighted by molar-refractivity contribution is -0.123. The highest BCUT2D eigenvalue weighted by molar-refractivity contribution is 5.76. The van der Waals surface area contributed by atoms with Crippen LogP contribution < -0.4 is 11.1 Å². The summed E-state index contributed by atoms with van der Waals surface area (Å²) in [6.07, 6.45) is 5.30. The van der Waals surface area contributed by atoms with Crippen molar-refractivity contribution in [3.8, 4) is 0 Å². The quantitative estimate of drug-likeness (QED) is 0.470. The zero-order chi connectivity index (χ0) is 12.7. The third-order valence-corrected chi connectivity index (χ3v) is 3.26. The van der Waals surface area contributed by atoms with Gasteiger partial charge in [-0.15, -0.1) is 6.58 Å². The molecule has 0 saturated heterocycles. The summed E-state index contributed by atoms with van der Waals surface area (Å²) in [5.74, 6) is 0.639. The molecule has 3 N–H and O–H groups in total. The van der Waals surface area contributed by atoms with Crippen LogP contribution in [-0.4, -0.2) is 31.2 Å². The Balaban J connectivity index is 2.17. The van der Waals surface area contributed by atoms with E-state index >= 15 is 0 Å². The number of carbonyl (C=O) groups is 1. The van der Waals surface area contributed by atoms with Crippen LogP contribution in [0.3, 0.4) is 0 Å². The van der Waals surface area contributed by atoms with Crippen LogP contribution in [0.15, 0.2) is 12.7 Å². The molecular formula is C13H24N2O2. The third-order valence-electron chi connectivity index (χ3n) is 3.26. The smallest absolute Gasteiger partial charge is 0.220 e. The van der Waals surface area contributed by atoms with Crippen LogP contribution >= 0.6 is 0 Å². The van der Waals surface area contributed by atoms with Crippen molar-refractivity contribution in [3.05, 3.63) is 12.7 Å². The van der Waals surface area contributed by atoms with Gasteiger partial charge in [0.1, 0.15) is 0 Å². The van der Waals surface area contributed by atoms with Gasteiger partial charge in [0.05, 0.1) is 12.1 Å². The van der Waals surface area contributed by atoms with Gasteiger partial charge in [-0.25, -0.2) is 0 Å². The molecule has 1 unspecified atom stereocenters. The van der Waals surface area contributed by atoms with Crippen molar-refractivity contribution in [3.63, 3.8) is 0 Å². The van der Waals surface area contributed by atoms with E-state index in [0.717, 1.165) is 6.42 Å². The van der Waals surface area contributed by atoms with Gasteiger partial charge in [-0.1, -0.05) is 6.08 Å². The first-order valence-corrected chi connectivity index (χ1v) is 6.32.